The molecule has 2 aliphatic heterocycles. The Labute approximate surface area is 79.8 Å². The Bertz CT molecular complexity index is 174. The van der Waals surface area contributed by atoms with E-state index < -0.39 is 0 Å². The highest BCUT2D eigenvalue weighted by Gasteiger charge is 2.43. The topological polar surface area (TPSA) is 30.5 Å². The monoisotopic (exact) mass is 185 g/mol. The van der Waals surface area contributed by atoms with Crippen LogP contribution in [-0.4, -0.2) is 39.0 Å². The molecule has 0 spiro atoms. The zero-order chi connectivity index (χ0) is 9.26. The van der Waals surface area contributed by atoms with E-state index in [2.05, 4.69) is 5.32 Å². The molecule has 1 N–H and O–H groups in total. The van der Waals surface area contributed by atoms with Gasteiger partial charge in [0, 0.05) is 19.1 Å². The Balaban J connectivity index is 1.92. The van der Waals surface area contributed by atoms with Crippen LogP contribution in [0.3, 0.4) is 0 Å². The summed E-state index contributed by atoms with van der Waals surface area (Å²) in [5.41, 5.74) is 0. The highest BCUT2D eigenvalue weighted by Crippen LogP contribution is 2.40. The van der Waals surface area contributed by atoms with Crippen molar-refractivity contribution in [2.45, 2.75) is 37.5 Å². The van der Waals surface area contributed by atoms with Crippen LogP contribution in [0.1, 0.15) is 19.3 Å². The molecular weight excluding hydrogens is 166 g/mol. The van der Waals surface area contributed by atoms with Crippen molar-refractivity contribution in [2.75, 3.05) is 20.8 Å². The Hall–Kier alpha value is -0.120. The van der Waals surface area contributed by atoms with Crippen LogP contribution in [0.5, 0.6) is 0 Å². The van der Waals surface area contributed by atoms with Gasteiger partial charge in [0.2, 0.25) is 0 Å². The van der Waals surface area contributed by atoms with E-state index in [0.29, 0.717) is 24.2 Å². The molecule has 3 nitrogen and oxygen atoms in total. The molecule has 0 aromatic heterocycles. The molecule has 2 aliphatic rings. The van der Waals surface area contributed by atoms with E-state index in [1.165, 1.54) is 19.3 Å². The second-order valence-electron chi connectivity index (χ2n) is 4.12. The van der Waals surface area contributed by atoms with E-state index in [0.717, 1.165) is 6.61 Å². The van der Waals surface area contributed by atoms with Gasteiger partial charge in [0.15, 0.2) is 0 Å². The molecule has 0 amide bonds. The van der Waals surface area contributed by atoms with Gasteiger partial charge in [-0.15, -0.1) is 0 Å². The maximum absolute atomic E-state index is 5.82. The van der Waals surface area contributed by atoms with E-state index in [1.807, 2.05) is 7.05 Å². The molecule has 2 bridgehead atoms. The lowest BCUT2D eigenvalue weighted by Crippen LogP contribution is -2.41. The predicted octanol–water partition coefficient (Wildman–Crippen LogP) is 0.788. The number of methoxy groups -OCH3 is 1. The summed E-state index contributed by atoms with van der Waals surface area (Å²) in [6, 6.07) is 0.472. The first kappa shape index (κ1) is 9.44. The highest BCUT2D eigenvalue weighted by molar-refractivity contribution is 4.94. The summed E-state index contributed by atoms with van der Waals surface area (Å²) in [5.74, 6) is 0.670. The van der Waals surface area contributed by atoms with E-state index in [4.69, 9.17) is 9.47 Å². The summed E-state index contributed by atoms with van der Waals surface area (Å²) in [7, 11) is 3.77. The lowest BCUT2D eigenvalue weighted by atomic mass is 9.84. The van der Waals surface area contributed by atoms with Crippen LogP contribution in [0.2, 0.25) is 0 Å². The van der Waals surface area contributed by atoms with Crippen LogP contribution in [0.15, 0.2) is 0 Å². The number of likely N-dealkylation sites (N-methyl/N-ethyl adjacent to an activating group) is 1. The Morgan fingerprint density at radius 2 is 2.38 bits per heavy atom. The minimum Gasteiger partial charge on any atom is -0.383 e. The van der Waals surface area contributed by atoms with Crippen molar-refractivity contribution in [1.29, 1.82) is 0 Å². The number of hydrogen-bond donors (Lipinski definition) is 1. The second kappa shape index (κ2) is 3.95. The molecule has 2 fully saturated rings. The van der Waals surface area contributed by atoms with Crippen LogP contribution in [0.25, 0.3) is 0 Å². The van der Waals surface area contributed by atoms with E-state index in [1.54, 1.807) is 7.11 Å². The van der Waals surface area contributed by atoms with Gasteiger partial charge in [-0.25, -0.2) is 0 Å². The zero-order valence-corrected chi connectivity index (χ0v) is 8.45. The van der Waals surface area contributed by atoms with Crippen LogP contribution in [0.4, 0.5) is 0 Å². The van der Waals surface area contributed by atoms with E-state index >= 15 is 0 Å². The molecule has 76 valence electrons. The van der Waals surface area contributed by atoms with Crippen molar-refractivity contribution < 1.29 is 9.47 Å². The largest absolute Gasteiger partial charge is 0.383 e. The van der Waals surface area contributed by atoms with Crippen molar-refractivity contribution in [1.82, 2.24) is 5.32 Å². The fourth-order valence-corrected chi connectivity index (χ4v) is 2.70. The molecule has 0 aliphatic carbocycles. The predicted molar refractivity (Wildman–Crippen MR) is 50.7 cm³/mol. The van der Waals surface area contributed by atoms with Crippen molar-refractivity contribution in [3.63, 3.8) is 0 Å². The molecule has 2 rings (SSSR count). The Kier molecular flexibility index (Phi) is 2.86. The maximum Gasteiger partial charge on any atom is 0.0624 e. The van der Waals surface area contributed by atoms with E-state index in [9.17, 15) is 0 Å². The van der Waals surface area contributed by atoms with Crippen LogP contribution in [0, 0.1) is 5.92 Å². The average Bonchev–Trinajstić information content (AvgIpc) is 2.74. The molecule has 0 aromatic carbocycles. The van der Waals surface area contributed by atoms with Gasteiger partial charge in [-0.3, -0.25) is 0 Å². The van der Waals surface area contributed by atoms with Gasteiger partial charge in [-0.1, -0.05) is 0 Å². The third-order valence-corrected chi connectivity index (χ3v) is 3.39. The normalized spacial score (nSPS) is 39.7. The standard InChI is InChI=1S/C10H19NO2/c1-11-9(6-12-2)8-5-7-3-4-10(8)13-7/h7-11H,3-6H2,1-2H3. The minimum absolute atomic E-state index is 0.472. The first-order valence-corrected chi connectivity index (χ1v) is 5.16. The summed E-state index contributed by atoms with van der Waals surface area (Å²) < 4.78 is 11.0. The van der Waals surface area contributed by atoms with Crippen molar-refractivity contribution in [2.24, 2.45) is 5.92 Å². The minimum atomic E-state index is 0.472. The lowest BCUT2D eigenvalue weighted by molar-refractivity contribution is 0.0722. The Morgan fingerprint density at radius 3 is 2.85 bits per heavy atom. The van der Waals surface area contributed by atoms with Crippen LogP contribution in [-0.2, 0) is 9.47 Å². The number of hydrogen-bond acceptors (Lipinski definition) is 3. The molecule has 0 saturated carbocycles. The highest BCUT2D eigenvalue weighted by atomic mass is 16.5. The zero-order valence-electron chi connectivity index (χ0n) is 8.45. The summed E-state index contributed by atoms with van der Waals surface area (Å²) in [5, 5.41) is 3.32. The van der Waals surface area contributed by atoms with Gasteiger partial charge in [0.05, 0.1) is 18.8 Å². The summed E-state index contributed by atoms with van der Waals surface area (Å²) >= 11 is 0. The molecular formula is C10H19NO2. The van der Waals surface area contributed by atoms with Gasteiger partial charge < -0.3 is 14.8 Å². The SMILES string of the molecule is CNC(COC)C1CC2CCC1O2. The molecule has 4 atom stereocenters. The van der Waals surface area contributed by atoms with Crippen molar-refractivity contribution in [3.8, 4) is 0 Å². The van der Waals surface area contributed by atoms with Gasteiger partial charge in [-0.2, -0.15) is 0 Å². The molecule has 13 heavy (non-hydrogen) atoms. The Morgan fingerprint density at radius 1 is 1.54 bits per heavy atom. The average molecular weight is 185 g/mol. The molecule has 3 heteroatoms. The summed E-state index contributed by atoms with van der Waals surface area (Å²) in [4.78, 5) is 0. The molecule has 0 aromatic rings. The molecule has 4 unspecified atom stereocenters. The maximum atomic E-state index is 5.82. The first-order valence-electron chi connectivity index (χ1n) is 5.16. The third-order valence-electron chi connectivity index (χ3n) is 3.39. The fourth-order valence-electron chi connectivity index (χ4n) is 2.70. The van der Waals surface area contributed by atoms with Gasteiger partial charge in [0.25, 0.3) is 0 Å². The van der Waals surface area contributed by atoms with Crippen LogP contribution < -0.4 is 5.32 Å². The first-order chi connectivity index (χ1) is 6.35. The van der Waals surface area contributed by atoms with Gasteiger partial charge in [0.1, 0.15) is 0 Å². The molecule has 2 saturated heterocycles. The summed E-state index contributed by atoms with van der Waals surface area (Å²) in [6.45, 7) is 0.799. The lowest BCUT2D eigenvalue weighted by Gasteiger charge is -2.27. The third kappa shape index (κ3) is 1.73. The van der Waals surface area contributed by atoms with Crippen LogP contribution >= 0.6 is 0 Å². The summed E-state index contributed by atoms with van der Waals surface area (Å²) in [6.07, 6.45) is 4.78. The fraction of sp³-hybridized carbons (Fsp3) is 1.00. The van der Waals surface area contributed by atoms with Crippen molar-refractivity contribution >= 4 is 0 Å². The molecule has 2 heterocycles. The number of fused-ring (bicyclic) bond motifs is 2. The van der Waals surface area contributed by atoms with Gasteiger partial charge in [-0.05, 0) is 26.3 Å². The van der Waals surface area contributed by atoms with Crippen molar-refractivity contribution in [3.05, 3.63) is 0 Å². The number of rotatable bonds is 4. The number of nitrogens with one attached hydrogen (secondary N) is 1. The van der Waals surface area contributed by atoms with Gasteiger partial charge >= 0.3 is 0 Å². The quantitative estimate of drug-likeness (QED) is 0.702. The smallest absolute Gasteiger partial charge is 0.0624 e. The van der Waals surface area contributed by atoms with E-state index in [-0.39, 0.29) is 0 Å². The second-order valence-corrected chi connectivity index (χ2v) is 4.12. The number of ether oxygens (including phenoxy) is 2. The molecule has 0 radical (unpaired) electrons.